The normalized spacial score (nSPS) is 11.2. The molecule has 3 aromatic rings. The van der Waals surface area contributed by atoms with Gasteiger partial charge in [0, 0.05) is 37.8 Å². The van der Waals surface area contributed by atoms with Crippen molar-refractivity contribution < 1.29 is 4.57 Å². The Balaban J connectivity index is 2.29. The largest absolute Gasteiger partial charge is 0.308 e. The maximum atomic E-state index is 4.33. The number of hydrogen-bond donors (Lipinski definition) is 0. The van der Waals surface area contributed by atoms with E-state index in [0.717, 1.165) is 5.78 Å². The molecule has 0 fully saturated rings. The van der Waals surface area contributed by atoms with Crippen LogP contribution in [0.1, 0.15) is 5.56 Å². The zero-order valence-corrected chi connectivity index (χ0v) is 10.3. The van der Waals surface area contributed by atoms with Crippen LogP contribution in [-0.2, 0) is 14.1 Å². The first-order chi connectivity index (χ1) is 8.16. The van der Waals surface area contributed by atoms with Crippen molar-refractivity contribution in [2.45, 2.75) is 6.92 Å². The summed E-state index contributed by atoms with van der Waals surface area (Å²) in [5.41, 5.74) is 3.62. The fraction of sp³-hybridized carbons (Fsp3) is 0.231. The maximum absolute atomic E-state index is 4.33. The number of pyridine rings is 1. The number of imidazole rings is 2. The minimum absolute atomic E-state index is 0.960. The maximum Gasteiger partial charge on any atom is 0.230 e. The molecule has 0 spiro atoms. The quantitative estimate of drug-likeness (QED) is 0.578. The summed E-state index contributed by atoms with van der Waals surface area (Å²) in [6.07, 6.45) is 7.97. The average Bonchev–Trinajstić information content (AvgIpc) is 2.86. The van der Waals surface area contributed by atoms with Crippen LogP contribution < -0.4 is 4.57 Å². The minimum Gasteiger partial charge on any atom is -0.308 e. The summed E-state index contributed by atoms with van der Waals surface area (Å²) in [6.45, 7) is 2.11. The molecule has 17 heavy (non-hydrogen) atoms. The fourth-order valence-electron chi connectivity index (χ4n) is 2.16. The molecule has 0 aliphatic rings. The first-order valence-corrected chi connectivity index (χ1v) is 5.62. The number of aromatic nitrogens is 4. The monoisotopic (exact) mass is 227 g/mol. The molecule has 0 bridgehead atoms. The summed E-state index contributed by atoms with van der Waals surface area (Å²) in [7, 11) is 4.10. The Labute approximate surface area is 99.8 Å². The van der Waals surface area contributed by atoms with Gasteiger partial charge in [-0.2, -0.15) is 4.57 Å². The molecule has 4 heteroatoms. The SMILES string of the molecule is Cc1cc[n+](C)c(-c2cn3ccnc3n2C)c1. The highest BCUT2D eigenvalue weighted by Gasteiger charge is 2.16. The minimum atomic E-state index is 0.960. The molecule has 0 aromatic carbocycles. The Bertz CT molecular complexity index is 691. The van der Waals surface area contributed by atoms with Crippen molar-refractivity contribution in [2.24, 2.45) is 14.1 Å². The van der Waals surface area contributed by atoms with E-state index in [1.807, 2.05) is 23.8 Å². The van der Waals surface area contributed by atoms with Crippen LogP contribution in [0.2, 0.25) is 0 Å². The molecule has 0 unspecified atom stereocenters. The van der Waals surface area contributed by atoms with E-state index in [0.29, 0.717) is 0 Å². The Hall–Kier alpha value is -2.10. The van der Waals surface area contributed by atoms with Gasteiger partial charge in [-0.1, -0.05) is 0 Å². The van der Waals surface area contributed by atoms with Crippen molar-refractivity contribution >= 4 is 5.78 Å². The molecule has 0 aliphatic carbocycles. The predicted molar refractivity (Wildman–Crippen MR) is 65.5 cm³/mol. The first kappa shape index (κ1) is 10.1. The second-order valence-corrected chi connectivity index (χ2v) is 4.41. The third-order valence-corrected chi connectivity index (χ3v) is 3.14. The highest BCUT2D eigenvalue weighted by Crippen LogP contribution is 2.18. The fourth-order valence-corrected chi connectivity index (χ4v) is 2.16. The standard InChI is InChI=1S/C13H15N4/c1-10-4-6-15(2)11(8-10)12-9-17-7-5-14-13(17)16(12)3/h4-9H,1-3H3/q+1. The lowest BCUT2D eigenvalue weighted by atomic mass is 10.2. The molecule has 4 nitrogen and oxygen atoms in total. The molecular formula is C13H15N4+. The van der Waals surface area contributed by atoms with Crippen LogP contribution in [0.5, 0.6) is 0 Å². The van der Waals surface area contributed by atoms with Crippen molar-refractivity contribution in [1.82, 2.24) is 14.0 Å². The molecule has 3 rings (SSSR count). The molecule has 0 saturated heterocycles. The molecule has 0 saturated carbocycles. The van der Waals surface area contributed by atoms with Crippen LogP contribution in [-0.4, -0.2) is 14.0 Å². The van der Waals surface area contributed by atoms with Gasteiger partial charge in [-0.05, 0) is 12.5 Å². The molecule has 3 heterocycles. The number of hydrogen-bond acceptors (Lipinski definition) is 1. The summed E-state index contributed by atoms with van der Waals surface area (Å²) in [5, 5.41) is 0. The summed E-state index contributed by atoms with van der Waals surface area (Å²) in [5.74, 6) is 0.960. The molecular weight excluding hydrogens is 212 g/mol. The molecule has 3 aromatic heterocycles. The van der Waals surface area contributed by atoms with Gasteiger partial charge in [-0.3, -0.25) is 4.40 Å². The van der Waals surface area contributed by atoms with Crippen LogP contribution in [0.15, 0.2) is 36.9 Å². The Morgan fingerprint density at radius 3 is 2.94 bits per heavy atom. The molecule has 0 atom stereocenters. The van der Waals surface area contributed by atoms with E-state index in [4.69, 9.17) is 0 Å². The lowest BCUT2D eigenvalue weighted by Gasteiger charge is -2.01. The van der Waals surface area contributed by atoms with Gasteiger partial charge in [-0.15, -0.1) is 0 Å². The third-order valence-electron chi connectivity index (χ3n) is 3.14. The van der Waals surface area contributed by atoms with Gasteiger partial charge in [0.05, 0.1) is 0 Å². The molecule has 0 radical (unpaired) electrons. The summed E-state index contributed by atoms with van der Waals surface area (Å²) >= 11 is 0. The number of nitrogens with zero attached hydrogens (tertiary/aromatic N) is 4. The topological polar surface area (TPSA) is 26.1 Å². The summed E-state index contributed by atoms with van der Waals surface area (Å²) in [6, 6.07) is 4.30. The zero-order valence-electron chi connectivity index (χ0n) is 10.3. The lowest BCUT2D eigenvalue weighted by molar-refractivity contribution is -0.660. The van der Waals surface area contributed by atoms with E-state index in [2.05, 4.69) is 52.6 Å². The second-order valence-electron chi connectivity index (χ2n) is 4.41. The van der Waals surface area contributed by atoms with Gasteiger partial charge >= 0.3 is 0 Å². The van der Waals surface area contributed by atoms with Crippen molar-refractivity contribution in [3.05, 3.63) is 42.5 Å². The van der Waals surface area contributed by atoms with E-state index in [9.17, 15) is 0 Å². The van der Waals surface area contributed by atoms with Crippen LogP contribution in [0.25, 0.3) is 17.2 Å². The number of rotatable bonds is 1. The van der Waals surface area contributed by atoms with Crippen LogP contribution >= 0.6 is 0 Å². The molecule has 0 amide bonds. The highest BCUT2D eigenvalue weighted by molar-refractivity contribution is 5.56. The smallest absolute Gasteiger partial charge is 0.230 e. The van der Waals surface area contributed by atoms with Gasteiger partial charge in [0.1, 0.15) is 12.7 Å². The zero-order chi connectivity index (χ0) is 12.0. The van der Waals surface area contributed by atoms with Crippen molar-refractivity contribution in [2.75, 3.05) is 0 Å². The first-order valence-electron chi connectivity index (χ1n) is 5.62. The van der Waals surface area contributed by atoms with E-state index in [1.165, 1.54) is 17.0 Å². The van der Waals surface area contributed by atoms with E-state index in [1.54, 1.807) is 0 Å². The van der Waals surface area contributed by atoms with Gasteiger partial charge in [0.2, 0.25) is 11.5 Å². The summed E-state index contributed by atoms with van der Waals surface area (Å²) < 4.78 is 6.27. The van der Waals surface area contributed by atoms with Gasteiger partial charge in [-0.25, -0.2) is 4.98 Å². The molecule has 86 valence electrons. The third kappa shape index (κ3) is 1.45. The number of aryl methyl sites for hydroxylation is 3. The van der Waals surface area contributed by atoms with Crippen LogP contribution in [0.4, 0.5) is 0 Å². The highest BCUT2D eigenvalue weighted by atomic mass is 15.2. The van der Waals surface area contributed by atoms with Gasteiger partial charge in [0.15, 0.2) is 6.20 Å². The summed E-state index contributed by atoms with van der Waals surface area (Å²) in [4.78, 5) is 4.33. The van der Waals surface area contributed by atoms with E-state index >= 15 is 0 Å². The van der Waals surface area contributed by atoms with Crippen LogP contribution in [0.3, 0.4) is 0 Å². The van der Waals surface area contributed by atoms with Gasteiger partial charge < -0.3 is 4.57 Å². The van der Waals surface area contributed by atoms with E-state index < -0.39 is 0 Å². The average molecular weight is 227 g/mol. The van der Waals surface area contributed by atoms with Crippen molar-refractivity contribution in [1.29, 1.82) is 0 Å². The second kappa shape index (κ2) is 3.45. The molecule has 0 aliphatic heterocycles. The van der Waals surface area contributed by atoms with Gasteiger partial charge in [0.25, 0.3) is 0 Å². The lowest BCUT2D eigenvalue weighted by Crippen LogP contribution is -2.31. The number of fused-ring (bicyclic) bond motifs is 1. The Kier molecular flexibility index (Phi) is 2.04. The van der Waals surface area contributed by atoms with E-state index in [-0.39, 0.29) is 0 Å². The van der Waals surface area contributed by atoms with Crippen molar-refractivity contribution in [3.8, 4) is 11.4 Å². The Morgan fingerprint density at radius 2 is 2.18 bits per heavy atom. The predicted octanol–water partition coefficient (Wildman–Crippen LogP) is 1.47. The molecule has 0 N–H and O–H groups in total. The Morgan fingerprint density at radius 1 is 1.35 bits per heavy atom. The van der Waals surface area contributed by atoms with Crippen molar-refractivity contribution in [3.63, 3.8) is 0 Å². The van der Waals surface area contributed by atoms with Crippen LogP contribution in [0, 0.1) is 6.92 Å².